The maximum Gasteiger partial charge on any atom is 0.433 e. The Morgan fingerprint density at radius 3 is 2.58 bits per heavy atom. The van der Waals surface area contributed by atoms with Gasteiger partial charge in [0, 0.05) is 16.7 Å². The Kier molecular flexibility index (Phi) is 6.47. The predicted octanol–water partition coefficient (Wildman–Crippen LogP) is 3.54. The molecule has 0 saturated heterocycles. The second-order valence-corrected chi connectivity index (χ2v) is 5.45. The van der Waals surface area contributed by atoms with Gasteiger partial charge in [-0.3, -0.25) is 9.79 Å². The number of carbonyl (C=O) groups excluding carboxylic acids is 1. The van der Waals surface area contributed by atoms with Crippen LogP contribution in [0.4, 0.5) is 13.2 Å². The van der Waals surface area contributed by atoms with Crippen LogP contribution in [-0.2, 0) is 15.7 Å². The van der Waals surface area contributed by atoms with Gasteiger partial charge in [-0.2, -0.15) is 25.8 Å². The van der Waals surface area contributed by atoms with E-state index in [1.807, 2.05) is 0 Å². The van der Waals surface area contributed by atoms with E-state index in [-0.39, 0.29) is 30.2 Å². The van der Waals surface area contributed by atoms with Crippen LogP contribution in [0.2, 0.25) is 0 Å². The summed E-state index contributed by atoms with van der Waals surface area (Å²) < 4.78 is 48.9. The van der Waals surface area contributed by atoms with Gasteiger partial charge in [0.25, 0.3) is 0 Å². The number of alkyl halides is 3. The van der Waals surface area contributed by atoms with Crippen LogP contribution in [0.5, 0.6) is 5.75 Å². The molecule has 0 spiro atoms. The molecule has 140 valence electrons. The molecule has 0 amide bonds. The van der Waals surface area contributed by atoms with Gasteiger partial charge in [0.1, 0.15) is 23.5 Å². The Bertz CT molecular complexity index is 838. The molecule has 0 unspecified atom stereocenters. The summed E-state index contributed by atoms with van der Waals surface area (Å²) in [6, 6.07) is 5.36. The number of ether oxygens (including phenoxy) is 2. The molecule has 2 rings (SSSR count). The molecule has 0 radical (unpaired) electrons. The molecule has 1 aromatic heterocycles. The van der Waals surface area contributed by atoms with Gasteiger partial charge in [0.05, 0.1) is 19.4 Å². The van der Waals surface area contributed by atoms with Crippen molar-refractivity contribution in [3.05, 3.63) is 35.5 Å². The van der Waals surface area contributed by atoms with E-state index >= 15 is 0 Å². The van der Waals surface area contributed by atoms with Gasteiger partial charge in [-0.15, -0.1) is 0 Å². The van der Waals surface area contributed by atoms with Crippen LogP contribution in [0.3, 0.4) is 0 Å². The number of benzene rings is 1. The summed E-state index contributed by atoms with van der Waals surface area (Å²) in [5, 5.41) is 0.425. The second-order valence-electron chi connectivity index (χ2n) is 5.13. The molecular weight excluding hydrogens is 369 g/mol. The van der Waals surface area contributed by atoms with E-state index in [1.54, 1.807) is 13.0 Å². The number of aliphatic imine (C=N–C) groups is 1. The molecule has 0 fully saturated rings. The van der Waals surface area contributed by atoms with Gasteiger partial charge in [-0.05, 0) is 31.2 Å². The molecule has 0 saturated carbocycles. The Labute approximate surface area is 153 Å². The van der Waals surface area contributed by atoms with E-state index in [2.05, 4.69) is 22.6 Å². The molecule has 0 aliphatic rings. The van der Waals surface area contributed by atoms with Crippen LogP contribution < -0.4 is 4.74 Å². The van der Waals surface area contributed by atoms with E-state index < -0.39 is 17.8 Å². The third-order valence-corrected chi connectivity index (χ3v) is 3.80. The number of methoxy groups -OCH3 is 1. The third-order valence-electron chi connectivity index (χ3n) is 3.50. The molecule has 26 heavy (non-hydrogen) atoms. The smallest absolute Gasteiger partial charge is 0.433 e. The van der Waals surface area contributed by atoms with Crippen LogP contribution in [0, 0.1) is 0 Å². The van der Waals surface area contributed by atoms with Gasteiger partial charge in [-0.1, -0.05) is 0 Å². The van der Waals surface area contributed by atoms with Crippen LogP contribution in [0.25, 0.3) is 10.9 Å². The van der Waals surface area contributed by atoms with Crippen molar-refractivity contribution in [1.29, 1.82) is 0 Å². The van der Waals surface area contributed by atoms with Gasteiger partial charge in [-0.25, -0.2) is 4.98 Å². The maximum atomic E-state index is 13.0. The molecule has 0 aliphatic heterocycles. The number of esters is 1. The SMILES string of the molecule is CCOC(=O)C/N=C(\CS)c1ccc(OC)c2nc(C(F)(F)F)ccc12. The highest BCUT2D eigenvalue weighted by Crippen LogP contribution is 2.33. The summed E-state index contributed by atoms with van der Waals surface area (Å²) in [5.74, 6) is -0.108. The fourth-order valence-electron chi connectivity index (χ4n) is 2.35. The summed E-state index contributed by atoms with van der Waals surface area (Å²) in [4.78, 5) is 19.4. The Morgan fingerprint density at radius 1 is 1.27 bits per heavy atom. The standard InChI is InChI=1S/C17H17F3N2O3S/c1-3-25-15(23)8-21-12(9-26)10-4-6-13(24-2)16-11(10)5-7-14(22-16)17(18,19)20/h4-7,26H,3,8-9H2,1-2H3/b21-12+. The number of fused-ring (bicyclic) bond motifs is 1. The largest absolute Gasteiger partial charge is 0.494 e. The lowest BCUT2D eigenvalue weighted by Crippen LogP contribution is -2.13. The van der Waals surface area contributed by atoms with Crippen molar-refractivity contribution in [2.45, 2.75) is 13.1 Å². The summed E-state index contributed by atoms with van der Waals surface area (Å²) in [5.41, 5.74) is 0.0127. The number of thiol groups is 1. The zero-order valence-electron chi connectivity index (χ0n) is 14.1. The summed E-state index contributed by atoms with van der Waals surface area (Å²) in [7, 11) is 1.35. The number of aromatic nitrogens is 1. The van der Waals surface area contributed by atoms with Gasteiger partial charge >= 0.3 is 12.1 Å². The summed E-state index contributed by atoms with van der Waals surface area (Å²) in [6.07, 6.45) is -4.57. The van der Waals surface area contributed by atoms with E-state index in [4.69, 9.17) is 9.47 Å². The van der Waals surface area contributed by atoms with E-state index in [0.29, 0.717) is 16.7 Å². The van der Waals surface area contributed by atoms with Crippen molar-refractivity contribution in [3.63, 3.8) is 0 Å². The quantitative estimate of drug-likeness (QED) is 0.469. The molecule has 0 aliphatic carbocycles. The van der Waals surface area contributed by atoms with Crippen molar-refractivity contribution in [2.75, 3.05) is 26.0 Å². The minimum atomic E-state index is -4.57. The highest BCUT2D eigenvalue weighted by Gasteiger charge is 2.33. The Balaban J connectivity index is 2.56. The monoisotopic (exact) mass is 386 g/mol. The lowest BCUT2D eigenvalue weighted by molar-refractivity contribution is -0.142. The number of pyridine rings is 1. The number of halogens is 3. The van der Waals surface area contributed by atoms with E-state index in [1.165, 1.54) is 19.2 Å². The van der Waals surface area contributed by atoms with Crippen LogP contribution in [0.1, 0.15) is 18.2 Å². The van der Waals surface area contributed by atoms with Crippen molar-refractivity contribution >= 4 is 35.2 Å². The summed E-state index contributed by atoms with van der Waals surface area (Å²) in [6.45, 7) is 1.72. The van der Waals surface area contributed by atoms with E-state index in [9.17, 15) is 18.0 Å². The highest BCUT2D eigenvalue weighted by atomic mass is 32.1. The van der Waals surface area contributed by atoms with E-state index in [0.717, 1.165) is 6.07 Å². The average Bonchev–Trinajstić information content (AvgIpc) is 2.61. The molecular formula is C17H17F3N2O3S. The maximum absolute atomic E-state index is 13.0. The molecule has 5 nitrogen and oxygen atoms in total. The first-order valence-corrected chi connectivity index (χ1v) is 8.30. The summed E-state index contributed by atoms with van der Waals surface area (Å²) >= 11 is 4.21. The molecule has 1 aromatic carbocycles. The Hall–Kier alpha value is -2.29. The zero-order valence-corrected chi connectivity index (χ0v) is 15.0. The van der Waals surface area contributed by atoms with Crippen molar-refractivity contribution in [2.24, 2.45) is 4.99 Å². The fourth-order valence-corrected chi connectivity index (χ4v) is 2.62. The lowest BCUT2D eigenvalue weighted by Gasteiger charge is -2.13. The first-order chi connectivity index (χ1) is 12.3. The topological polar surface area (TPSA) is 60.8 Å². The van der Waals surface area contributed by atoms with Crippen molar-refractivity contribution < 1.29 is 27.4 Å². The number of nitrogens with zero attached hydrogens (tertiary/aromatic N) is 2. The molecule has 0 atom stereocenters. The first-order valence-electron chi connectivity index (χ1n) is 7.67. The normalized spacial score (nSPS) is 12.3. The van der Waals surface area contributed by atoms with Crippen molar-refractivity contribution in [1.82, 2.24) is 4.98 Å². The fraction of sp³-hybridized carbons (Fsp3) is 0.353. The molecule has 1 heterocycles. The second kappa shape index (κ2) is 8.39. The molecule has 0 N–H and O–H groups in total. The van der Waals surface area contributed by atoms with Crippen molar-refractivity contribution in [3.8, 4) is 5.75 Å². The van der Waals surface area contributed by atoms with Gasteiger partial charge in [0.2, 0.25) is 0 Å². The number of rotatable bonds is 6. The zero-order chi connectivity index (χ0) is 19.3. The predicted molar refractivity (Wildman–Crippen MR) is 95.2 cm³/mol. The van der Waals surface area contributed by atoms with Crippen LogP contribution in [-0.4, -0.2) is 42.7 Å². The van der Waals surface area contributed by atoms with Crippen LogP contribution >= 0.6 is 12.6 Å². The molecule has 0 bridgehead atoms. The molecule has 2 aromatic rings. The number of hydrogen-bond acceptors (Lipinski definition) is 6. The lowest BCUT2D eigenvalue weighted by atomic mass is 10.0. The minimum Gasteiger partial charge on any atom is -0.494 e. The minimum absolute atomic E-state index is 0.0606. The first kappa shape index (κ1) is 20.0. The third kappa shape index (κ3) is 4.46. The molecule has 9 heteroatoms. The number of carbonyl (C=O) groups is 1. The van der Waals surface area contributed by atoms with Crippen LogP contribution in [0.15, 0.2) is 29.3 Å². The van der Waals surface area contributed by atoms with Gasteiger partial charge < -0.3 is 9.47 Å². The number of hydrogen-bond donors (Lipinski definition) is 1. The average molecular weight is 386 g/mol. The van der Waals surface area contributed by atoms with Gasteiger partial charge in [0.15, 0.2) is 0 Å². The Morgan fingerprint density at radius 2 is 2.00 bits per heavy atom. The highest BCUT2D eigenvalue weighted by molar-refractivity contribution is 7.81.